The maximum Gasteiger partial charge on any atom is 0.363 e. The first-order valence-corrected chi connectivity index (χ1v) is 10.7. The van der Waals surface area contributed by atoms with Gasteiger partial charge < -0.3 is 19.5 Å². The van der Waals surface area contributed by atoms with Crippen molar-refractivity contribution in [2.24, 2.45) is 4.99 Å². The topological polar surface area (TPSA) is 103 Å². The van der Waals surface area contributed by atoms with E-state index in [1.54, 1.807) is 66.1 Å². The summed E-state index contributed by atoms with van der Waals surface area (Å²) in [7, 11) is 1.46. The standard InChI is InChI=1S/C24H18N2O6S/c1-14(27)25-17-8-6-16(7-9-17)22-26-18(23(28)32-22)12-15-5-10-19(20(13-15)30-2)31-24(29)21-4-3-11-33-21/h3-13H,1-2H3,(H,25,27)/b18-12+. The van der Waals surface area contributed by atoms with Gasteiger partial charge in [0, 0.05) is 18.2 Å². The van der Waals surface area contributed by atoms with Crippen molar-refractivity contribution in [1.82, 2.24) is 0 Å². The van der Waals surface area contributed by atoms with Gasteiger partial charge in [-0.25, -0.2) is 14.6 Å². The zero-order valence-electron chi connectivity index (χ0n) is 17.7. The first-order chi connectivity index (χ1) is 15.9. The lowest BCUT2D eigenvalue weighted by molar-refractivity contribution is -0.129. The van der Waals surface area contributed by atoms with Crippen LogP contribution in [0.25, 0.3) is 6.08 Å². The van der Waals surface area contributed by atoms with Crippen molar-refractivity contribution < 1.29 is 28.6 Å². The maximum absolute atomic E-state index is 12.3. The van der Waals surface area contributed by atoms with E-state index in [0.717, 1.165) is 0 Å². The van der Waals surface area contributed by atoms with Crippen LogP contribution in [0.4, 0.5) is 5.69 Å². The SMILES string of the molecule is COc1cc(/C=C2/N=C(c3ccc(NC(C)=O)cc3)OC2=O)ccc1OC(=O)c1cccs1. The van der Waals surface area contributed by atoms with E-state index in [0.29, 0.717) is 27.4 Å². The van der Waals surface area contributed by atoms with Crippen LogP contribution in [0, 0.1) is 0 Å². The third-order valence-electron chi connectivity index (χ3n) is 4.49. The Morgan fingerprint density at radius 3 is 2.55 bits per heavy atom. The molecule has 0 fully saturated rings. The number of aliphatic imine (C=N–C) groups is 1. The van der Waals surface area contributed by atoms with Gasteiger partial charge in [-0.15, -0.1) is 11.3 Å². The van der Waals surface area contributed by atoms with E-state index in [-0.39, 0.29) is 23.3 Å². The fraction of sp³-hybridized carbons (Fsp3) is 0.0833. The largest absolute Gasteiger partial charge is 0.493 e. The van der Waals surface area contributed by atoms with Gasteiger partial charge in [0.1, 0.15) is 4.88 Å². The van der Waals surface area contributed by atoms with Gasteiger partial charge in [-0.05, 0) is 59.5 Å². The molecule has 0 radical (unpaired) electrons. The van der Waals surface area contributed by atoms with Crippen molar-refractivity contribution in [3.05, 3.63) is 81.7 Å². The molecule has 1 N–H and O–H groups in total. The molecule has 33 heavy (non-hydrogen) atoms. The number of benzene rings is 2. The second kappa shape index (κ2) is 9.49. The van der Waals surface area contributed by atoms with Gasteiger partial charge in [-0.3, -0.25) is 4.79 Å². The quantitative estimate of drug-likeness (QED) is 0.333. The van der Waals surface area contributed by atoms with Crippen molar-refractivity contribution in [1.29, 1.82) is 0 Å². The number of hydrogen-bond acceptors (Lipinski definition) is 8. The molecule has 0 spiro atoms. The van der Waals surface area contributed by atoms with Crippen LogP contribution in [-0.2, 0) is 14.3 Å². The van der Waals surface area contributed by atoms with E-state index in [1.807, 2.05) is 0 Å². The molecule has 1 aromatic heterocycles. The number of ether oxygens (including phenoxy) is 3. The highest BCUT2D eigenvalue weighted by atomic mass is 32.1. The molecule has 0 unspecified atom stereocenters. The average molecular weight is 462 g/mol. The lowest BCUT2D eigenvalue weighted by atomic mass is 10.1. The number of methoxy groups -OCH3 is 1. The van der Waals surface area contributed by atoms with E-state index >= 15 is 0 Å². The normalized spacial score (nSPS) is 13.9. The Morgan fingerprint density at radius 2 is 1.88 bits per heavy atom. The molecule has 4 rings (SSSR count). The van der Waals surface area contributed by atoms with Crippen molar-refractivity contribution in [3.8, 4) is 11.5 Å². The predicted molar refractivity (Wildman–Crippen MR) is 124 cm³/mol. The summed E-state index contributed by atoms with van der Waals surface area (Å²) in [6, 6.07) is 15.1. The Labute approximate surface area is 193 Å². The van der Waals surface area contributed by atoms with Gasteiger partial charge in [0.05, 0.1) is 7.11 Å². The lowest BCUT2D eigenvalue weighted by Gasteiger charge is -2.09. The minimum Gasteiger partial charge on any atom is -0.493 e. The fourth-order valence-electron chi connectivity index (χ4n) is 2.99. The molecule has 1 amide bonds. The smallest absolute Gasteiger partial charge is 0.363 e. The molecule has 0 saturated carbocycles. The first-order valence-electron chi connectivity index (χ1n) is 9.77. The number of anilines is 1. The van der Waals surface area contributed by atoms with Gasteiger partial charge in [0.15, 0.2) is 17.2 Å². The number of cyclic esters (lactones) is 1. The zero-order chi connectivity index (χ0) is 23.4. The fourth-order valence-corrected chi connectivity index (χ4v) is 3.59. The second-order valence-corrected chi connectivity index (χ2v) is 7.82. The maximum atomic E-state index is 12.3. The highest BCUT2D eigenvalue weighted by molar-refractivity contribution is 7.12. The Balaban J connectivity index is 1.54. The van der Waals surface area contributed by atoms with E-state index < -0.39 is 11.9 Å². The highest BCUT2D eigenvalue weighted by Crippen LogP contribution is 2.31. The molecule has 0 aliphatic carbocycles. The Morgan fingerprint density at radius 1 is 1.09 bits per heavy atom. The molecule has 0 atom stereocenters. The number of esters is 2. The second-order valence-electron chi connectivity index (χ2n) is 6.87. The third kappa shape index (κ3) is 5.16. The minimum atomic E-state index is -0.594. The number of amides is 1. The molecular weight excluding hydrogens is 444 g/mol. The summed E-state index contributed by atoms with van der Waals surface area (Å²) >= 11 is 1.28. The number of nitrogens with zero attached hydrogens (tertiary/aromatic N) is 1. The lowest BCUT2D eigenvalue weighted by Crippen LogP contribution is -2.07. The van der Waals surface area contributed by atoms with Crippen LogP contribution in [0.1, 0.15) is 27.7 Å². The first kappa shape index (κ1) is 22.0. The van der Waals surface area contributed by atoms with E-state index in [9.17, 15) is 14.4 Å². The summed E-state index contributed by atoms with van der Waals surface area (Å²) < 4.78 is 16.0. The molecule has 1 aliphatic heterocycles. The third-order valence-corrected chi connectivity index (χ3v) is 5.34. The molecule has 3 aromatic rings. The van der Waals surface area contributed by atoms with Gasteiger partial charge in [0.25, 0.3) is 0 Å². The van der Waals surface area contributed by atoms with Gasteiger partial charge >= 0.3 is 11.9 Å². The summed E-state index contributed by atoms with van der Waals surface area (Å²) in [6.07, 6.45) is 1.55. The number of hydrogen-bond donors (Lipinski definition) is 1. The Hall–Kier alpha value is -4.24. The summed E-state index contributed by atoms with van der Waals surface area (Å²) in [4.78, 5) is 40.4. The molecule has 166 valence electrons. The molecule has 9 heteroatoms. The van der Waals surface area contributed by atoms with Gasteiger partial charge in [0.2, 0.25) is 11.8 Å². The van der Waals surface area contributed by atoms with Crippen LogP contribution in [0.3, 0.4) is 0 Å². The zero-order valence-corrected chi connectivity index (χ0v) is 18.5. The molecule has 1 aliphatic rings. The molecule has 0 bridgehead atoms. The Kier molecular flexibility index (Phi) is 6.32. The number of nitrogens with one attached hydrogen (secondary N) is 1. The predicted octanol–water partition coefficient (Wildman–Crippen LogP) is 4.28. The molecule has 8 nitrogen and oxygen atoms in total. The highest BCUT2D eigenvalue weighted by Gasteiger charge is 2.24. The van der Waals surface area contributed by atoms with Crippen LogP contribution in [-0.4, -0.2) is 30.9 Å². The van der Waals surface area contributed by atoms with Crippen LogP contribution in [0.15, 0.2) is 70.7 Å². The average Bonchev–Trinajstić information content (AvgIpc) is 3.45. The number of rotatable bonds is 6. The van der Waals surface area contributed by atoms with Crippen LogP contribution in [0.5, 0.6) is 11.5 Å². The van der Waals surface area contributed by atoms with Crippen LogP contribution < -0.4 is 14.8 Å². The van der Waals surface area contributed by atoms with Gasteiger partial charge in [-0.2, -0.15) is 0 Å². The minimum absolute atomic E-state index is 0.112. The van der Waals surface area contributed by atoms with E-state index in [2.05, 4.69) is 10.3 Å². The summed E-state index contributed by atoms with van der Waals surface area (Å²) in [5.74, 6) is -0.501. The van der Waals surface area contributed by atoms with Crippen LogP contribution in [0.2, 0.25) is 0 Å². The van der Waals surface area contributed by atoms with E-state index in [4.69, 9.17) is 14.2 Å². The monoisotopic (exact) mass is 462 g/mol. The summed E-state index contributed by atoms with van der Waals surface area (Å²) in [5, 5.41) is 4.45. The summed E-state index contributed by atoms with van der Waals surface area (Å²) in [6.45, 7) is 1.42. The molecule has 0 saturated heterocycles. The van der Waals surface area contributed by atoms with Crippen molar-refractivity contribution in [3.63, 3.8) is 0 Å². The number of carbonyl (C=O) groups is 3. The number of carbonyl (C=O) groups excluding carboxylic acids is 3. The molecule has 2 aromatic carbocycles. The summed E-state index contributed by atoms with van der Waals surface area (Å²) in [5.41, 5.74) is 1.94. The Bertz CT molecular complexity index is 1280. The van der Waals surface area contributed by atoms with Crippen molar-refractivity contribution >= 4 is 46.8 Å². The van der Waals surface area contributed by atoms with E-state index in [1.165, 1.54) is 25.4 Å². The van der Waals surface area contributed by atoms with Crippen molar-refractivity contribution in [2.75, 3.05) is 12.4 Å². The van der Waals surface area contributed by atoms with Crippen LogP contribution >= 0.6 is 11.3 Å². The van der Waals surface area contributed by atoms with Crippen molar-refractivity contribution in [2.45, 2.75) is 6.92 Å². The molecular formula is C24H18N2O6S. The molecule has 2 heterocycles. The van der Waals surface area contributed by atoms with Gasteiger partial charge in [-0.1, -0.05) is 12.1 Å². The number of thiophene rings is 1.